The second-order valence-electron chi connectivity index (χ2n) is 6.96. The molecule has 4 rings (SSSR count). The van der Waals surface area contributed by atoms with Crippen molar-refractivity contribution in [2.24, 2.45) is 17.3 Å². The maximum Gasteiger partial charge on any atom is 0.270 e. The summed E-state index contributed by atoms with van der Waals surface area (Å²) in [5.74, 6) is -0.329. The number of carbonyl (C=O) groups is 1. The van der Waals surface area contributed by atoms with E-state index in [4.69, 9.17) is 0 Å². The molecule has 0 saturated carbocycles. The van der Waals surface area contributed by atoms with E-state index in [9.17, 15) is 9.90 Å². The number of aromatic nitrogens is 2. The Bertz CT molecular complexity index is 1170. The van der Waals surface area contributed by atoms with Gasteiger partial charge in [0.2, 0.25) is 5.88 Å². The Labute approximate surface area is 168 Å². The van der Waals surface area contributed by atoms with Gasteiger partial charge in [-0.15, -0.1) is 10.2 Å². The van der Waals surface area contributed by atoms with Crippen molar-refractivity contribution in [3.63, 3.8) is 0 Å². The molecule has 0 fully saturated rings. The quantitative estimate of drug-likeness (QED) is 0.484. The van der Waals surface area contributed by atoms with Crippen LogP contribution in [0.1, 0.15) is 11.3 Å². The number of aromatic hydroxyl groups is 1. The molecule has 2 heterocycles. The summed E-state index contributed by atoms with van der Waals surface area (Å²) in [5.41, 5.74) is 3.24. The van der Waals surface area contributed by atoms with Crippen LogP contribution in [0.4, 0.5) is 5.69 Å². The van der Waals surface area contributed by atoms with E-state index >= 15 is 0 Å². The van der Waals surface area contributed by atoms with Crippen LogP contribution in [-0.4, -0.2) is 20.1 Å². The summed E-state index contributed by atoms with van der Waals surface area (Å²) in [6, 6.07) is 21.5. The van der Waals surface area contributed by atoms with Crippen molar-refractivity contribution in [1.29, 1.82) is 0 Å². The smallest absolute Gasteiger partial charge is 0.270 e. The molecule has 0 radical (unpaired) electrons. The number of hydrogen-bond acceptors (Lipinski definition) is 3. The fourth-order valence-electron chi connectivity index (χ4n) is 3.46. The fourth-order valence-corrected chi connectivity index (χ4v) is 3.46. The molecule has 0 aliphatic carbocycles. The van der Waals surface area contributed by atoms with Gasteiger partial charge in [0.25, 0.3) is 5.91 Å². The van der Waals surface area contributed by atoms with Crippen LogP contribution in [0.5, 0.6) is 5.88 Å². The van der Waals surface area contributed by atoms with E-state index in [2.05, 4.69) is 22.4 Å². The number of benzene rings is 2. The van der Waals surface area contributed by atoms with Crippen LogP contribution in [0.25, 0.3) is 10.9 Å². The number of amides is 1. The number of rotatable bonds is 6. The van der Waals surface area contributed by atoms with Crippen LogP contribution in [-0.2, 0) is 31.2 Å². The van der Waals surface area contributed by atoms with Crippen LogP contribution >= 0.6 is 0 Å². The van der Waals surface area contributed by atoms with Crippen molar-refractivity contribution in [3.05, 3.63) is 84.2 Å². The maximum absolute atomic E-state index is 12.2. The van der Waals surface area contributed by atoms with E-state index in [0.29, 0.717) is 12.2 Å². The van der Waals surface area contributed by atoms with Crippen molar-refractivity contribution in [2.75, 3.05) is 0 Å². The number of carbonyl (C=O) groups excluding carboxylic acids is 1. The number of hydrogen-bond donors (Lipinski definition) is 1. The standard InChI is InChI=1S/C23H22N4O2/c1-26-14-7-10-18(26)16-21(28)24-25-22-19-11-5-6-12-20(19)27(23(22)29)15-13-17-8-3-2-4-9-17/h2-12,14,29H,13,15-16H2,1H3. The first-order chi connectivity index (χ1) is 14.1. The summed E-state index contributed by atoms with van der Waals surface area (Å²) in [5, 5.41) is 19.5. The van der Waals surface area contributed by atoms with Crippen LogP contribution in [0, 0.1) is 0 Å². The minimum atomic E-state index is -0.354. The molecule has 0 spiro atoms. The summed E-state index contributed by atoms with van der Waals surface area (Å²) >= 11 is 0. The van der Waals surface area contributed by atoms with Crippen LogP contribution < -0.4 is 0 Å². The minimum Gasteiger partial charge on any atom is -0.493 e. The lowest BCUT2D eigenvalue weighted by Gasteiger charge is -2.07. The van der Waals surface area contributed by atoms with Crippen LogP contribution in [0.3, 0.4) is 0 Å². The van der Waals surface area contributed by atoms with E-state index in [1.54, 1.807) is 0 Å². The molecule has 2 aromatic heterocycles. The number of fused-ring (bicyclic) bond motifs is 1. The maximum atomic E-state index is 12.2. The predicted molar refractivity (Wildman–Crippen MR) is 112 cm³/mol. The highest BCUT2D eigenvalue weighted by atomic mass is 16.3. The van der Waals surface area contributed by atoms with Gasteiger partial charge in [-0.3, -0.25) is 4.79 Å². The Morgan fingerprint density at radius 2 is 1.76 bits per heavy atom. The van der Waals surface area contributed by atoms with Gasteiger partial charge in [-0.25, -0.2) is 0 Å². The molecule has 0 saturated heterocycles. The Morgan fingerprint density at radius 1 is 1.00 bits per heavy atom. The van der Waals surface area contributed by atoms with Crippen molar-refractivity contribution in [1.82, 2.24) is 9.13 Å². The van der Waals surface area contributed by atoms with Gasteiger partial charge in [0.1, 0.15) is 0 Å². The molecule has 0 aliphatic heterocycles. The first-order valence-electron chi connectivity index (χ1n) is 9.52. The highest BCUT2D eigenvalue weighted by Crippen LogP contribution is 2.38. The number of para-hydroxylation sites is 1. The predicted octanol–water partition coefficient (Wildman–Crippen LogP) is 4.78. The van der Waals surface area contributed by atoms with Crippen LogP contribution in [0.2, 0.25) is 0 Å². The highest BCUT2D eigenvalue weighted by Gasteiger charge is 2.16. The summed E-state index contributed by atoms with van der Waals surface area (Å²) in [6.07, 6.45) is 2.82. The monoisotopic (exact) mass is 386 g/mol. The molecule has 29 heavy (non-hydrogen) atoms. The van der Waals surface area contributed by atoms with Crippen molar-refractivity contribution in [2.45, 2.75) is 19.4 Å². The first-order valence-corrected chi connectivity index (χ1v) is 9.52. The van der Waals surface area contributed by atoms with Crippen molar-refractivity contribution < 1.29 is 9.90 Å². The second kappa shape index (κ2) is 8.14. The fraction of sp³-hybridized carbons (Fsp3) is 0.174. The van der Waals surface area contributed by atoms with E-state index in [1.165, 1.54) is 5.56 Å². The van der Waals surface area contributed by atoms with E-state index in [-0.39, 0.29) is 18.2 Å². The number of aryl methyl sites for hydroxylation is 3. The molecule has 146 valence electrons. The molecular weight excluding hydrogens is 364 g/mol. The Balaban J connectivity index is 1.60. The molecule has 0 bridgehead atoms. The largest absolute Gasteiger partial charge is 0.493 e. The molecule has 6 heteroatoms. The molecule has 0 unspecified atom stereocenters. The molecule has 1 N–H and O–H groups in total. The molecule has 2 aromatic carbocycles. The van der Waals surface area contributed by atoms with Gasteiger partial charge in [-0.1, -0.05) is 48.5 Å². The normalized spacial score (nSPS) is 11.5. The molecule has 1 amide bonds. The lowest BCUT2D eigenvalue weighted by Crippen LogP contribution is -2.02. The Hall–Kier alpha value is -3.67. The van der Waals surface area contributed by atoms with Crippen molar-refractivity contribution >= 4 is 22.5 Å². The van der Waals surface area contributed by atoms with E-state index < -0.39 is 0 Å². The summed E-state index contributed by atoms with van der Waals surface area (Å²) in [7, 11) is 1.88. The van der Waals surface area contributed by atoms with Gasteiger partial charge in [0, 0.05) is 30.9 Å². The van der Waals surface area contributed by atoms with Gasteiger partial charge in [0.15, 0.2) is 5.69 Å². The zero-order chi connectivity index (χ0) is 20.2. The van der Waals surface area contributed by atoms with Gasteiger partial charge < -0.3 is 14.2 Å². The molecule has 4 aromatic rings. The molecule has 6 nitrogen and oxygen atoms in total. The summed E-state index contributed by atoms with van der Waals surface area (Å²) < 4.78 is 3.69. The van der Waals surface area contributed by atoms with E-state index in [0.717, 1.165) is 23.0 Å². The zero-order valence-corrected chi connectivity index (χ0v) is 16.2. The average Bonchev–Trinajstić information content (AvgIpc) is 3.26. The van der Waals surface area contributed by atoms with Gasteiger partial charge >= 0.3 is 0 Å². The molecule has 0 atom stereocenters. The van der Waals surface area contributed by atoms with Gasteiger partial charge in [-0.2, -0.15) is 0 Å². The van der Waals surface area contributed by atoms with Crippen LogP contribution in [0.15, 0.2) is 83.2 Å². The van der Waals surface area contributed by atoms with Gasteiger partial charge in [0.05, 0.1) is 11.9 Å². The minimum absolute atomic E-state index is 0.0255. The first kappa shape index (κ1) is 18.7. The zero-order valence-electron chi connectivity index (χ0n) is 16.2. The average molecular weight is 386 g/mol. The topological polar surface area (TPSA) is 71.9 Å². The lowest BCUT2D eigenvalue weighted by atomic mass is 10.1. The Morgan fingerprint density at radius 3 is 2.52 bits per heavy atom. The SMILES string of the molecule is Cn1cccc1CC(=O)N=Nc1c(O)n(CCc2ccccc2)c2ccccc12. The highest BCUT2D eigenvalue weighted by molar-refractivity contribution is 5.95. The molecular formula is C23H22N4O2. The second-order valence-corrected chi connectivity index (χ2v) is 6.96. The third-order valence-electron chi connectivity index (χ3n) is 5.03. The number of azo groups is 1. The Kier molecular flexibility index (Phi) is 5.24. The van der Waals surface area contributed by atoms with Gasteiger partial charge in [-0.05, 0) is 30.2 Å². The summed E-state index contributed by atoms with van der Waals surface area (Å²) in [6.45, 7) is 0.600. The third kappa shape index (κ3) is 3.96. The lowest BCUT2D eigenvalue weighted by molar-refractivity contribution is -0.117. The molecule has 0 aliphatic rings. The third-order valence-corrected chi connectivity index (χ3v) is 5.03. The van der Waals surface area contributed by atoms with E-state index in [1.807, 2.05) is 77.0 Å². The number of nitrogens with zero attached hydrogens (tertiary/aromatic N) is 4. The summed E-state index contributed by atoms with van der Waals surface area (Å²) in [4.78, 5) is 12.2. The van der Waals surface area contributed by atoms with Crippen molar-refractivity contribution in [3.8, 4) is 5.88 Å².